The fourth-order valence-corrected chi connectivity index (χ4v) is 4.57. The maximum atomic E-state index is 10.1. The van der Waals surface area contributed by atoms with Gasteiger partial charge in [0, 0.05) is 16.5 Å². The molecule has 3 heteroatoms. The predicted octanol–water partition coefficient (Wildman–Crippen LogP) is 4.60. The molecule has 4 rings (SSSR count). The van der Waals surface area contributed by atoms with Crippen LogP contribution in [-0.2, 0) is 25.0 Å². The summed E-state index contributed by atoms with van der Waals surface area (Å²) in [5.74, 6) is -0.00727. The number of benzene rings is 3. The quantitative estimate of drug-likeness (QED) is 0.611. The molecule has 0 amide bonds. The molecule has 0 aromatic heterocycles. The van der Waals surface area contributed by atoms with Crippen LogP contribution in [-0.4, -0.2) is 15.3 Å². The van der Waals surface area contributed by atoms with Gasteiger partial charge in [-0.3, -0.25) is 0 Å². The van der Waals surface area contributed by atoms with E-state index in [-0.39, 0.29) is 24.4 Å². The van der Waals surface area contributed by atoms with Crippen molar-refractivity contribution in [2.24, 2.45) is 0 Å². The van der Waals surface area contributed by atoms with E-state index in [0.717, 1.165) is 18.4 Å². The summed E-state index contributed by atoms with van der Waals surface area (Å²) in [5, 5.41) is 29.2. The van der Waals surface area contributed by atoms with Gasteiger partial charge < -0.3 is 15.3 Å². The summed E-state index contributed by atoms with van der Waals surface area (Å²) in [6.07, 6.45) is 1.69. The molecule has 0 radical (unpaired) electrons. The number of rotatable bonds is 5. The lowest BCUT2D eigenvalue weighted by atomic mass is 9.75. The van der Waals surface area contributed by atoms with Gasteiger partial charge in [-0.25, -0.2) is 0 Å². The van der Waals surface area contributed by atoms with Gasteiger partial charge in [-0.1, -0.05) is 55.0 Å². The number of phenols is 1. The number of hydrogen-bond donors (Lipinski definition) is 3. The van der Waals surface area contributed by atoms with E-state index in [1.54, 1.807) is 0 Å². The largest absolute Gasteiger partial charge is 0.507 e. The zero-order chi connectivity index (χ0) is 19.9. The highest BCUT2D eigenvalue weighted by molar-refractivity contribution is 5.81. The lowest BCUT2D eigenvalue weighted by molar-refractivity contribution is 0.263. The maximum Gasteiger partial charge on any atom is 0.126 e. The fraction of sp³-hybridized carbons (Fsp3) is 0.280. The van der Waals surface area contributed by atoms with Crippen LogP contribution >= 0.6 is 0 Å². The standard InChI is InChI=1S/C25H26O3/c1-16-7-8-21-20-5-3-4-6-22(20)25(2,23(21)11-16)10-9-17-12-18(14-26)24(28)19(13-17)15-27/h3-8,11-13,26-28H,9-10,14-15H2,1-2H3. The highest BCUT2D eigenvalue weighted by Crippen LogP contribution is 2.51. The molecule has 0 heterocycles. The molecule has 0 fully saturated rings. The smallest absolute Gasteiger partial charge is 0.126 e. The topological polar surface area (TPSA) is 60.7 Å². The second-order valence-electron chi connectivity index (χ2n) is 8.01. The average Bonchev–Trinajstić information content (AvgIpc) is 2.96. The molecule has 3 aromatic carbocycles. The van der Waals surface area contributed by atoms with E-state index >= 15 is 0 Å². The van der Waals surface area contributed by atoms with Crippen molar-refractivity contribution < 1.29 is 15.3 Å². The minimum Gasteiger partial charge on any atom is -0.507 e. The first-order valence-corrected chi connectivity index (χ1v) is 9.74. The van der Waals surface area contributed by atoms with Crippen molar-refractivity contribution in [2.75, 3.05) is 0 Å². The molecule has 1 aliphatic carbocycles. The molecule has 1 unspecified atom stereocenters. The Morgan fingerprint density at radius 3 is 2.14 bits per heavy atom. The van der Waals surface area contributed by atoms with E-state index in [2.05, 4.69) is 56.3 Å². The van der Waals surface area contributed by atoms with E-state index in [9.17, 15) is 15.3 Å². The highest BCUT2D eigenvalue weighted by atomic mass is 16.3. The van der Waals surface area contributed by atoms with Gasteiger partial charge in [0.15, 0.2) is 0 Å². The van der Waals surface area contributed by atoms with E-state index in [1.807, 2.05) is 12.1 Å². The summed E-state index contributed by atoms with van der Waals surface area (Å²) < 4.78 is 0. The monoisotopic (exact) mass is 374 g/mol. The van der Waals surface area contributed by atoms with E-state index < -0.39 is 0 Å². The van der Waals surface area contributed by atoms with Crippen LogP contribution in [0.2, 0.25) is 0 Å². The van der Waals surface area contributed by atoms with Crippen LogP contribution in [0.3, 0.4) is 0 Å². The van der Waals surface area contributed by atoms with Gasteiger partial charge in [0.25, 0.3) is 0 Å². The molecule has 3 N–H and O–H groups in total. The second kappa shape index (κ2) is 7.08. The summed E-state index contributed by atoms with van der Waals surface area (Å²) in [5.41, 5.74) is 8.42. The average molecular weight is 374 g/mol. The molecular formula is C25H26O3. The second-order valence-corrected chi connectivity index (χ2v) is 8.01. The molecular weight excluding hydrogens is 348 g/mol. The minimum absolute atomic E-state index is 0.00727. The van der Waals surface area contributed by atoms with Crippen LogP contribution in [0.15, 0.2) is 54.6 Å². The Morgan fingerprint density at radius 2 is 1.46 bits per heavy atom. The van der Waals surface area contributed by atoms with Gasteiger partial charge in [-0.2, -0.15) is 0 Å². The van der Waals surface area contributed by atoms with Crippen LogP contribution in [0.4, 0.5) is 0 Å². The maximum absolute atomic E-state index is 10.1. The number of aryl methyl sites for hydroxylation is 2. The Kier molecular flexibility index (Phi) is 4.74. The van der Waals surface area contributed by atoms with Gasteiger partial charge in [0.1, 0.15) is 5.75 Å². The fourth-order valence-electron chi connectivity index (χ4n) is 4.57. The van der Waals surface area contributed by atoms with Crippen LogP contribution in [0, 0.1) is 6.92 Å². The molecule has 1 aliphatic rings. The third-order valence-corrected chi connectivity index (χ3v) is 6.16. The van der Waals surface area contributed by atoms with E-state index in [4.69, 9.17) is 0 Å². The third kappa shape index (κ3) is 2.92. The van der Waals surface area contributed by atoms with Crippen LogP contribution in [0.25, 0.3) is 11.1 Å². The zero-order valence-corrected chi connectivity index (χ0v) is 16.4. The summed E-state index contributed by atoms with van der Waals surface area (Å²) in [6, 6.07) is 19.0. The van der Waals surface area contributed by atoms with Crippen molar-refractivity contribution in [3.63, 3.8) is 0 Å². The molecule has 144 valence electrons. The summed E-state index contributed by atoms with van der Waals surface area (Å²) in [6.45, 7) is 3.95. The lowest BCUT2D eigenvalue weighted by Gasteiger charge is -2.28. The number of aromatic hydroxyl groups is 1. The first kappa shape index (κ1) is 18.7. The van der Waals surface area contributed by atoms with Crippen molar-refractivity contribution in [3.05, 3.63) is 88.0 Å². The first-order valence-electron chi connectivity index (χ1n) is 9.74. The Hall–Kier alpha value is -2.62. The summed E-state index contributed by atoms with van der Waals surface area (Å²) in [7, 11) is 0. The van der Waals surface area contributed by atoms with Crippen LogP contribution in [0.5, 0.6) is 5.75 Å². The lowest BCUT2D eigenvalue weighted by Crippen LogP contribution is -2.22. The van der Waals surface area contributed by atoms with Gasteiger partial charge in [-0.15, -0.1) is 0 Å². The van der Waals surface area contributed by atoms with Gasteiger partial charge in [0.2, 0.25) is 0 Å². The van der Waals surface area contributed by atoms with Gasteiger partial charge >= 0.3 is 0 Å². The highest BCUT2D eigenvalue weighted by Gasteiger charge is 2.38. The number of aliphatic hydroxyl groups is 2. The van der Waals surface area contributed by atoms with Crippen molar-refractivity contribution in [3.8, 4) is 16.9 Å². The molecule has 0 spiro atoms. The van der Waals surface area contributed by atoms with Crippen LogP contribution < -0.4 is 0 Å². The van der Waals surface area contributed by atoms with Crippen LogP contribution in [0.1, 0.15) is 46.7 Å². The molecule has 0 saturated carbocycles. The summed E-state index contributed by atoms with van der Waals surface area (Å²) in [4.78, 5) is 0. The van der Waals surface area contributed by atoms with Crippen molar-refractivity contribution in [1.29, 1.82) is 0 Å². The summed E-state index contributed by atoms with van der Waals surface area (Å²) >= 11 is 0. The number of aliphatic hydroxyl groups excluding tert-OH is 2. The normalized spacial score (nSPS) is 17.4. The van der Waals surface area contributed by atoms with Crippen molar-refractivity contribution >= 4 is 0 Å². The molecule has 3 nitrogen and oxygen atoms in total. The Balaban J connectivity index is 1.73. The Labute approximate surface area is 165 Å². The number of hydrogen-bond acceptors (Lipinski definition) is 3. The first-order chi connectivity index (χ1) is 13.5. The van der Waals surface area contributed by atoms with Gasteiger partial charge in [-0.05, 0) is 59.7 Å². The predicted molar refractivity (Wildman–Crippen MR) is 111 cm³/mol. The molecule has 3 aromatic rings. The van der Waals surface area contributed by atoms with Crippen molar-refractivity contribution in [2.45, 2.75) is 45.3 Å². The Morgan fingerprint density at radius 1 is 0.821 bits per heavy atom. The third-order valence-electron chi connectivity index (χ3n) is 6.16. The SMILES string of the molecule is Cc1ccc2c(c1)C(C)(CCc1cc(CO)c(O)c(CO)c1)c1ccccc1-2. The number of fused-ring (bicyclic) bond motifs is 3. The van der Waals surface area contributed by atoms with E-state index in [0.29, 0.717) is 11.1 Å². The molecule has 0 bridgehead atoms. The van der Waals surface area contributed by atoms with Crippen molar-refractivity contribution in [1.82, 2.24) is 0 Å². The zero-order valence-electron chi connectivity index (χ0n) is 16.4. The molecule has 0 saturated heterocycles. The molecule has 0 aliphatic heterocycles. The molecule has 1 atom stereocenters. The van der Waals surface area contributed by atoms with E-state index in [1.165, 1.54) is 27.8 Å². The Bertz CT molecular complexity index is 1010. The minimum atomic E-state index is -0.241. The molecule has 28 heavy (non-hydrogen) atoms. The van der Waals surface area contributed by atoms with Gasteiger partial charge in [0.05, 0.1) is 13.2 Å².